The van der Waals surface area contributed by atoms with Crippen molar-refractivity contribution in [2.45, 2.75) is 38.3 Å². The summed E-state index contributed by atoms with van der Waals surface area (Å²) in [6.07, 6.45) is 2.31. The second kappa shape index (κ2) is 6.66. The summed E-state index contributed by atoms with van der Waals surface area (Å²) in [4.78, 5) is 20.1. The van der Waals surface area contributed by atoms with Crippen molar-refractivity contribution in [2.24, 2.45) is 0 Å². The summed E-state index contributed by atoms with van der Waals surface area (Å²) in [5, 5.41) is 4.61. The number of carbonyl (C=O) groups is 1. The first kappa shape index (κ1) is 18.3. The Kier molecular flexibility index (Phi) is 4.20. The van der Waals surface area contributed by atoms with Crippen LogP contribution in [0.25, 0.3) is 22.4 Å². The van der Waals surface area contributed by atoms with Crippen molar-refractivity contribution in [1.82, 2.24) is 15.0 Å². The van der Waals surface area contributed by atoms with Crippen LogP contribution in [0.15, 0.2) is 40.9 Å². The van der Waals surface area contributed by atoms with Gasteiger partial charge in [0.05, 0.1) is 33.8 Å². The summed E-state index contributed by atoms with van der Waals surface area (Å²) in [7, 11) is -3.09. The van der Waals surface area contributed by atoms with E-state index in [0.717, 1.165) is 18.4 Å². The van der Waals surface area contributed by atoms with Gasteiger partial charge in [-0.25, -0.2) is 13.4 Å². The molecule has 0 spiro atoms. The van der Waals surface area contributed by atoms with Gasteiger partial charge in [-0.1, -0.05) is 35.5 Å². The van der Waals surface area contributed by atoms with Crippen LogP contribution in [-0.2, 0) is 9.84 Å². The van der Waals surface area contributed by atoms with Gasteiger partial charge in [-0.2, -0.15) is 0 Å². The molecule has 1 amide bonds. The molecule has 3 aromatic rings. The van der Waals surface area contributed by atoms with Crippen LogP contribution in [0, 0.1) is 6.92 Å². The lowest BCUT2D eigenvalue weighted by Crippen LogP contribution is -2.42. The second-order valence-electron chi connectivity index (χ2n) is 7.87. The Balaban J connectivity index is 1.63. The lowest BCUT2D eigenvalue weighted by Gasteiger charge is -2.28. The number of nitrogens with zero attached hydrogens (tertiary/aromatic N) is 3. The third-order valence-corrected chi connectivity index (χ3v) is 7.44. The van der Waals surface area contributed by atoms with Gasteiger partial charge in [-0.05, 0) is 32.3 Å². The Morgan fingerprint density at radius 3 is 2.55 bits per heavy atom. The van der Waals surface area contributed by atoms with Gasteiger partial charge in [0, 0.05) is 17.6 Å². The highest BCUT2D eigenvalue weighted by Gasteiger charge is 2.43. The van der Waals surface area contributed by atoms with Crippen LogP contribution in [0.3, 0.4) is 0 Å². The minimum absolute atomic E-state index is 0.0393. The van der Waals surface area contributed by atoms with Gasteiger partial charge < -0.3 is 9.42 Å². The van der Waals surface area contributed by atoms with Crippen molar-refractivity contribution in [3.8, 4) is 11.3 Å². The zero-order valence-electron chi connectivity index (χ0n) is 16.0. The molecule has 8 heteroatoms. The molecule has 0 radical (unpaired) electrons. The molecule has 0 N–H and O–H groups in total. The van der Waals surface area contributed by atoms with Crippen LogP contribution in [0.2, 0.25) is 0 Å². The fourth-order valence-electron chi connectivity index (χ4n) is 4.14. The van der Waals surface area contributed by atoms with Crippen molar-refractivity contribution in [2.75, 3.05) is 11.5 Å². The Hall–Kier alpha value is -2.74. The molecule has 1 aliphatic heterocycles. The maximum atomic E-state index is 13.7. The van der Waals surface area contributed by atoms with Gasteiger partial charge in [-0.15, -0.1) is 0 Å². The highest BCUT2D eigenvalue weighted by molar-refractivity contribution is 7.91. The quantitative estimate of drug-likeness (QED) is 0.655. The molecule has 29 heavy (non-hydrogen) atoms. The van der Waals surface area contributed by atoms with E-state index in [4.69, 9.17) is 4.52 Å². The molecule has 3 heterocycles. The molecule has 1 atom stereocenters. The van der Waals surface area contributed by atoms with Crippen molar-refractivity contribution in [3.05, 3.63) is 47.7 Å². The first-order valence-electron chi connectivity index (χ1n) is 9.78. The average molecular weight is 411 g/mol. The molecule has 1 saturated heterocycles. The summed E-state index contributed by atoms with van der Waals surface area (Å²) in [5.74, 6) is 0.0181. The molecule has 150 valence electrons. The number of aryl methyl sites for hydroxylation is 1. The number of carbonyl (C=O) groups excluding carboxylic acids is 1. The van der Waals surface area contributed by atoms with E-state index < -0.39 is 9.84 Å². The number of aromatic nitrogens is 2. The van der Waals surface area contributed by atoms with Crippen molar-refractivity contribution in [1.29, 1.82) is 0 Å². The molecular formula is C21H21N3O4S. The molecule has 1 saturated carbocycles. The third-order valence-electron chi connectivity index (χ3n) is 5.69. The lowest BCUT2D eigenvalue weighted by atomic mass is 10.0. The van der Waals surface area contributed by atoms with Crippen molar-refractivity contribution < 1.29 is 17.7 Å². The fourth-order valence-corrected chi connectivity index (χ4v) is 5.85. The van der Waals surface area contributed by atoms with E-state index in [1.807, 2.05) is 30.3 Å². The zero-order valence-corrected chi connectivity index (χ0v) is 16.9. The van der Waals surface area contributed by atoms with Gasteiger partial charge in [0.1, 0.15) is 0 Å². The minimum atomic E-state index is -3.09. The minimum Gasteiger partial charge on any atom is -0.335 e. The Morgan fingerprint density at radius 1 is 1.14 bits per heavy atom. The highest BCUT2D eigenvalue weighted by atomic mass is 32.2. The normalized spacial score (nSPS) is 20.8. The van der Waals surface area contributed by atoms with Crippen LogP contribution < -0.4 is 0 Å². The Morgan fingerprint density at radius 2 is 1.90 bits per heavy atom. The van der Waals surface area contributed by atoms with E-state index in [0.29, 0.717) is 34.5 Å². The van der Waals surface area contributed by atoms with Gasteiger partial charge >= 0.3 is 0 Å². The third kappa shape index (κ3) is 3.31. The number of benzene rings is 1. The van der Waals surface area contributed by atoms with E-state index in [2.05, 4.69) is 10.1 Å². The van der Waals surface area contributed by atoms with Gasteiger partial charge in [0.25, 0.3) is 11.6 Å². The molecule has 1 aromatic carbocycles. The first-order chi connectivity index (χ1) is 13.9. The fraction of sp³-hybridized carbons (Fsp3) is 0.381. The largest absolute Gasteiger partial charge is 0.335 e. The number of amides is 1. The number of hydrogen-bond acceptors (Lipinski definition) is 6. The number of rotatable bonds is 4. The standard InChI is InChI=1S/C21H21N3O4S/c1-13-19-17(11-18(22-20(19)28-23-13)14-5-3-2-4-6-14)21(25)24(15-7-8-15)16-9-10-29(26,27)12-16/h2-6,11,15-16H,7-10,12H2,1H3/t16-/m0/s1. The van der Waals surface area contributed by atoms with Gasteiger partial charge in [0.15, 0.2) is 9.84 Å². The maximum absolute atomic E-state index is 13.7. The molecule has 0 bridgehead atoms. The molecular weight excluding hydrogens is 390 g/mol. The second-order valence-corrected chi connectivity index (χ2v) is 10.1. The lowest BCUT2D eigenvalue weighted by molar-refractivity contribution is 0.0682. The van der Waals surface area contributed by atoms with E-state index in [9.17, 15) is 13.2 Å². The summed E-state index contributed by atoms with van der Waals surface area (Å²) in [6.45, 7) is 1.79. The van der Waals surface area contributed by atoms with Crippen LogP contribution >= 0.6 is 0 Å². The maximum Gasteiger partial charge on any atom is 0.259 e. The Labute approximate surface area is 168 Å². The molecule has 1 aliphatic carbocycles. The predicted octanol–water partition coefficient (Wildman–Crippen LogP) is 2.99. The molecule has 0 unspecified atom stereocenters. The van der Waals surface area contributed by atoms with E-state index in [-0.39, 0.29) is 29.5 Å². The summed E-state index contributed by atoms with van der Waals surface area (Å²) in [5.41, 5.74) is 2.90. The van der Waals surface area contributed by atoms with Crippen LogP contribution in [0.1, 0.15) is 35.3 Å². The van der Waals surface area contributed by atoms with Crippen molar-refractivity contribution >= 4 is 26.8 Å². The smallest absolute Gasteiger partial charge is 0.259 e. The molecule has 2 aliphatic rings. The van der Waals surface area contributed by atoms with Crippen LogP contribution in [-0.4, -0.2) is 53.0 Å². The van der Waals surface area contributed by atoms with Gasteiger partial charge in [0.2, 0.25) is 0 Å². The summed E-state index contributed by atoms with van der Waals surface area (Å²) < 4.78 is 29.5. The van der Waals surface area contributed by atoms with Crippen LogP contribution in [0.5, 0.6) is 0 Å². The molecule has 5 rings (SSSR count). The van der Waals surface area contributed by atoms with E-state index in [1.165, 1.54) is 0 Å². The molecule has 2 fully saturated rings. The summed E-state index contributed by atoms with van der Waals surface area (Å²) >= 11 is 0. The Bertz CT molecular complexity index is 1200. The first-order valence-corrected chi connectivity index (χ1v) is 11.6. The summed E-state index contributed by atoms with van der Waals surface area (Å²) in [6, 6.07) is 11.2. The number of sulfone groups is 1. The highest BCUT2D eigenvalue weighted by Crippen LogP contribution is 2.36. The number of fused-ring (bicyclic) bond motifs is 1. The molecule has 2 aromatic heterocycles. The topological polar surface area (TPSA) is 93.4 Å². The zero-order chi connectivity index (χ0) is 20.2. The van der Waals surface area contributed by atoms with E-state index in [1.54, 1.807) is 17.9 Å². The number of pyridine rings is 1. The monoisotopic (exact) mass is 411 g/mol. The van der Waals surface area contributed by atoms with Crippen molar-refractivity contribution in [3.63, 3.8) is 0 Å². The predicted molar refractivity (Wildman–Crippen MR) is 108 cm³/mol. The molecule has 7 nitrogen and oxygen atoms in total. The van der Waals surface area contributed by atoms with Crippen LogP contribution in [0.4, 0.5) is 0 Å². The van der Waals surface area contributed by atoms with Gasteiger partial charge in [-0.3, -0.25) is 4.79 Å². The average Bonchev–Trinajstić information content (AvgIpc) is 3.38. The number of hydrogen-bond donors (Lipinski definition) is 0. The van der Waals surface area contributed by atoms with E-state index >= 15 is 0 Å². The SMILES string of the molecule is Cc1noc2nc(-c3ccccc3)cc(C(=O)N(C3CC3)[C@H]3CCS(=O)(=O)C3)c12.